The molecule has 0 aromatic heterocycles. The van der Waals surface area contributed by atoms with Crippen LogP contribution in [0.2, 0.25) is 0 Å². The zero-order chi connectivity index (χ0) is 25.5. The number of rotatable bonds is 12. The van der Waals surface area contributed by atoms with Crippen LogP contribution >= 0.6 is 0 Å². The van der Waals surface area contributed by atoms with Crippen LogP contribution in [0.25, 0.3) is 0 Å². The van der Waals surface area contributed by atoms with E-state index in [4.69, 9.17) is 14.2 Å². The highest BCUT2D eigenvalue weighted by Gasteiger charge is 2.40. The largest absolute Gasteiger partial charge is 0.490 e. The van der Waals surface area contributed by atoms with Crippen molar-refractivity contribution in [2.24, 2.45) is 0 Å². The van der Waals surface area contributed by atoms with Gasteiger partial charge in [-0.2, -0.15) is 0 Å². The molecule has 11 nitrogen and oxygen atoms in total. The number of hydrogen-bond acceptors (Lipinski definition) is 9. The second-order valence-electron chi connectivity index (χ2n) is 8.50. The number of nitrogens with zero attached hydrogens (tertiary/aromatic N) is 1. The molecule has 34 heavy (non-hydrogen) atoms. The molecule has 1 aliphatic rings. The van der Waals surface area contributed by atoms with Crippen LogP contribution in [0.4, 0.5) is 0 Å². The fourth-order valence-corrected chi connectivity index (χ4v) is 2.86. The lowest BCUT2D eigenvalue weighted by molar-refractivity contribution is -0.150. The molecule has 11 heteroatoms. The van der Waals surface area contributed by atoms with Crippen molar-refractivity contribution in [2.75, 3.05) is 19.8 Å². The Morgan fingerprint density at radius 3 is 2.29 bits per heavy atom. The van der Waals surface area contributed by atoms with E-state index in [2.05, 4.69) is 5.32 Å². The number of amides is 2. The van der Waals surface area contributed by atoms with E-state index in [1.807, 2.05) is 0 Å². The summed E-state index contributed by atoms with van der Waals surface area (Å²) in [5, 5.41) is 12.3. The predicted octanol–water partition coefficient (Wildman–Crippen LogP) is 0.579. The van der Waals surface area contributed by atoms with Crippen LogP contribution < -0.4 is 10.1 Å². The number of ether oxygens (including phenoxy) is 3. The Hall–Kier alpha value is -3.47. The van der Waals surface area contributed by atoms with Crippen LogP contribution in [0, 0.1) is 0 Å². The molecule has 2 amide bonds. The fourth-order valence-electron chi connectivity index (χ4n) is 2.86. The first-order chi connectivity index (χ1) is 15.9. The minimum absolute atomic E-state index is 0.0353. The molecular formula is C23H30N2O9. The third-order valence-corrected chi connectivity index (χ3v) is 4.52. The summed E-state index contributed by atoms with van der Waals surface area (Å²) in [5.41, 5.74) is -1.14. The van der Waals surface area contributed by atoms with Crippen LogP contribution in [0.15, 0.2) is 24.3 Å². The molecule has 0 aliphatic carbocycles. The van der Waals surface area contributed by atoms with E-state index in [9.17, 15) is 29.1 Å². The van der Waals surface area contributed by atoms with Crippen molar-refractivity contribution >= 4 is 29.5 Å². The van der Waals surface area contributed by atoms with Gasteiger partial charge in [0.25, 0.3) is 0 Å². The van der Waals surface area contributed by atoms with Crippen molar-refractivity contribution in [1.29, 1.82) is 0 Å². The maximum Gasteiger partial charge on any atom is 0.315 e. The smallest absolute Gasteiger partial charge is 0.315 e. The predicted molar refractivity (Wildman–Crippen MR) is 118 cm³/mol. The maximum absolute atomic E-state index is 12.1. The second kappa shape index (κ2) is 11.6. The molecule has 2 N–H and O–H groups in total. The Labute approximate surface area is 197 Å². The summed E-state index contributed by atoms with van der Waals surface area (Å²) >= 11 is 0. The normalized spacial score (nSPS) is 14.9. The lowest BCUT2D eigenvalue weighted by Gasteiger charge is -2.15. The molecule has 0 bridgehead atoms. The summed E-state index contributed by atoms with van der Waals surface area (Å²) < 4.78 is 15.3. The van der Waals surface area contributed by atoms with Gasteiger partial charge >= 0.3 is 11.9 Å². The number of aliphatic hydroxyl groups is 1. The molecule has 1 atom stereocenters. The highest BCUT2D eigenvalue weighted by Crippen LogP contribution is 2.18. The maximum atomic E-state index is 12.1. The van der Waals surface area contributed by atoms with Gasteiger partial charge in [0.15, 0.2) is 5.78 Å². The standard InChI is InChI=1S/C23H30N2O9/c1-14(2)34-21(29)11-18(26)24-17-13-25(17)19(27)12-20(28)33-10-9-32-16-7-5-15(6-8-16)22(30)23(3,4)31/h5-8,14,17,31H,9-13H2,1-4H3,(H,24,26). The van der Waals surface area contributed by atoms with Gasteiger partial charge in [-0.3, -0.25) is 24.0 Å². The van der Waals surface area contributed by atoms with Gasteiger partial charge < -0.3 is 29.5 Å². The molecule has 2 rings (SSSR count). The lowest BCUT2D eigenvalue weighted by Crippen LogP contribution is -2.33. The molecule has 1 aromatic rings. The Bertz CT molecular complexity index is 919. The summed E-state index contributed by atoms with van der Waals surface area (Å²) in [7, 11) is 0. The van der Waals surface area contributed by atoms with Crippen molar-refractivity contribution in [2.45, 2.75) is 58.4 Å². The second-order valence-corrected chi connectivity index (χ2v) is 8.50. The first-order valence-corrected chi connectivity index (χ1v) is 10.8. The van der Waals surface area contributed by atoms with E-state index in [0.717, 1.165) is 0 Å². The van der Waals surface area contributed by atoms with E-state index >= 15 is 0 Å². The van der Waals surface area contributed by atoms with Crippen LogP contribution in [-0.2, 0) is 28.7 Å². The number of benzene rings is 1. The molecular weight excluding hydrogens is 448 g/mol. The minimum Gasteiger partial charge on any atom is -0.490 e. The van der Waals surface area contributed by atoms with Crippen molar-refractivity contribution in [1.82, 2.24) is 10.2 Å². The first kappa shape index (κ1) is 26.8. The van der Waals surface area contributed by atoms with Gasteiger partial charge in [0.1, 0.15) is 43.6 Å². The topological polar surface area (TPSA) is 148 Å². The molecule has 1 aliphatic heterocycles. The van der Waals surface area contributed by atoms with E-state index in [1.165, 1.54) is 30.9 Å². The SMILES string of the molecule is CC(C)OC(=O)CC(=O)NC1CN1C(=O)CC(=O)OCCOc1ccc(C(=O)C(C)(C)O)cc1. The van der Waals surface area contributed by atoms with Gasteiger partial charge in [-0.05, 0) is 52.0 Å². The first-order valence-electron chi connectivity index (χ1n) is 10.8. The Morgan fingerprint density at radius 1 is 1.06 bits per heavy atom. The Morgan fingerprint density at radius 2 is 1.71 bits per heavy atom. The molecule has 0 radical (unpaired) electrons. The molecule has 1 aromatic carbocycles. The summed E-state index contributed by atoms with van der Waals surface area (Å²) in [4.78, 5) is 60.4. The van der Waals surface area contributed by atoms with E-state index in [0.29, 0.717) is 11.3 Å². The Kier molecular flexibility index (Phi) is 9.13. The van der Waals surface area contributed by atoms with E-state index in [1.54, 1.807) is 26.0 Å². The number of Topliss-reactive ketones (excluding diaryl/α,β-unsaturated/α-hetero) is 1. The lowest BCUT2D eigenvalue weighted by atomic mass is 9.97. The minimum atomic E-state index is -1.47. The summed E-state index contributed by atoms with van der Waals surface area (Å²) in [6.07, 6.45) is -1.83. The molecule has 186 valence electrons. The van der Waals surface area contributed by atoms with Gasteiger partial charge in [-0.25, -0.2) is 0 Å². The number of esters is 2. The third-order valence-electron chi connectivity index (χ3n) is 4.52. The molecule has 0 saturated carbocycles. The molecule has 0 spiro atoms. The average Bonchev–Trinajstić information content (AvgIpc) is 3.48. The summed E-state index contributed by atoms with van der Waals surface area (Å²) in [5.74, 6) is -2.44. The fraction of sp³-hybridized carbons (Fsp3) is 0.522. The van der Waals surface area contributed by atoms with Gasteiger partial charge in [-0.1, -0.05) is 0 Å². The van der Waals surface area contributed by atoms with E-state index in [-0.39, 0.29) is 25.9 Å². The van der Waals surface area contributed by atoms with Crippen molar-refractivity contribution in [3.63, 3.8) is 0 Å². The average molecular weight is 478 g/mol. The van der Waals surface area contributed by atoms with Gasteiger partial charge in [-0.15, -0.1) is 0 Å². The number of hydrogen-bond donors (Lipinski definition) is 2. The zero-order valence-electron chi connectivity index (χ0n) is 19.7. The molecule has 1 fully saturated rings. The third kappa shape index (κ3) is 8.81. The van der Waals surface area contributed by atoms with Crippen LogP contribution in [0.3, 0.4) is 0 Å². The molecule has 1 heterocycles. The highest BCUT2D eigenvalue weighted by atomic mass is 16.6. The number of nitrogens with one attached hydrogen (secondary N) is 1. The molecule has 1 unspecified atom stereocenters. The zero-order valence-corrected chi connectivity index (χ0v) is 19.7. The molecule has 1 saturated heterocycles. The van der Waals surface area contributed by atoms with Gasteiger partial charge in [0.2, 0.25) is 11.8 Å². The van der Waals surface area contributed by atoms with E-state index < -0.39 is 54.1 Å². The highest BCUT2D eigenvalue weighted by molar-refractivity contribution is 6.01. The number of carbonyl (C=O) groups is 5. The van der Waals surface area contributed by atoms with Crippen molar-refractivity contribution in [3.05, 3.63) is 29.8 Å². The Balaban J connectivity index is 1.63. The monoisotopic (exact) mass is 478 g/mol. The summed E-state index contributed by atoms with van der Waals surface area (Å²) in [6, 6.07) is 6.16. The van der Waals surface area contributed by atoms with Gasteiger partial charge in [0, 0.05) is 5.56 Å². The van der Waals surface area contributed by atoms with Crippen molar-refractivity contribution in [3.8, 4) is 5.75 Å². The van der Waals surface area contributed by atoms with Crippen LogP contribution in [-0.4, -0.2) is 77.2 Å². The van der Waals surface area contributed by atoms with Crippen LogP contribution in [0.1, 0.15) is 50.9 Å². The van der Waals surface area contributed by atoms with Crippen LogP contribution in [0.5, 0.6) is 5.75 Å². The summed E-state index contributed by atoms with van der Waals surface area (Å²) in [6.45, 7) is 6.34. The van der Waals surface area contributed by atoms with Gasteiger partial charge in [0.05, 0.1) is 12.6 Å². The van der Waals surface area contributed by atoms with Crippen molar-refractivity contribution < 1.29 is 43.3 Å². The quantitative estimate of drug-likeness (QED) is 0.145. The number of ketones is 1. The number of carbonyl (C=O) groups excluding carboxylic acids is 5.